The first-order valence-corrected chi connectivity index (χ1v) is 13.8. The number of rotatable bonds is 8. The summed E-state index contributed by atoms with van der Waals surface area (Å²) in [6.45, 7) is 4.01. The van der Waals surface area contributed by atoms with Crippen LogP contribution in [0, 0.1) is 5.92 Å². The van der Waals surface area contributed by atoms with E-state index in [0.717, 1.165) is 11.6 Å². The van der Waals surface area contributed by atoms with Gasteiger partial charge in [-0.3, -0.25) is 4.79 Å². The van der Waals surface area contributed by atoms with Crippen LogP contribution in [0.25, 0.3) is 22.1 Å². The number of alkyl carbamates (subject to hydrolysis) is 1. The minimum Gasteiger partial charge on any atom is -0.486 e. The van der Waals surface area contributed by atoms with Crippen LogP contribution in [0.1, 0.15) is 31.6 Å². The molecule has 0 unspecified atom stereocenters. The molecule has 1 aliphatic rings. The SMILES string of the molecule is CC[C@@H](C)[C@H](NC(=O)OCc1ccccc1)C(=O)Oc1ccc2c(=O)c(-c3ccc4c(c3)OCCO4)c(C(F)(F)F)oc2c1. The Balaban J connectivity index is 1.41. The van der Waals surface area contributed by atoms with Gasteiger partial charge in [0.1, 0.15) is 37.2 Å². The van der Waals surface area contributed by atoms with Crippen molar-refractivity contribution < 1.29 is 46.1 Å². The lowest BCUT2D eigenvalue weighted by atomic mass is 9.99. The van der Waals surface area contributed by atoms with Crippen molar-refractivity contribution in [2.75, 3.05) is 13.2 Å². The largest absolute Gasteiger partial charge is 0.486 e. The van der Waals surface area contributed by atoms with Gasteiger partial charge in [0.2, 0.25) is 11.2 Å². The highest BCUT2D eigenvalue weighted by Crippen LogP contribution is 2.40. The summed E-state index contributed by atoms with van der Waals surface area (Å²) in [5.41, 5.74) is -1.38. The Morgan fingerprint density at radius 1 is 0.977 bits per heavy atom. The summed E-state index contributed by atoms with van der Waals surface area (Å²) < 4.78 is 69.4. The van der Waals surface area contributed by atoms with E-state index in [2.05, 4.69) is 5.32 Å². The fraction of sp³-hybridized carbons (Fsp3) is 0.281. The molecule has 0 aliphatic carbocycles. The number of carbonyl (C=O) groups excluding carboxylic acids is 2. The van der Waals surface area contributed by atoms with Crippen molar-refractivity contribution >= 4 is 23.0 Å². The van der Waals surface area contributed by atoms with Crippen molar-refractivity contribution in [3.8, 4) is 28.4 Å². The van der Waals surface area contributed by atoms with Gasteiger partial charge in [-0.05, 0) is 41.3 Å². The Morgan fingerprint density at radius 2 is 1.70 bits per heavy atom. The molecule has 1 aliphatic heterocycles. The topological polar surface area (TPSA) is 113 Å². The maximum absolute atomic E-state index is 14.2. The van der Waals surface area contributed by atoms with E-state index < -0.39 is 46.6 Å². The van der Waals surface area contributed by atoms with Gasteiger partial charge in [-0.25, -0.2) is 9.59 Å². The average molecular weight is 612 g/mol. The second kappa shape index (κ2) is 12.7. The van der Waals surface area contributed by atoms with E-state index in [9.17, 15) is 27.6 Å². The quantitative estimate of drug-likeness (QED) is 0.178. The Hall–Kier alpha value is -5.00. The van der Waals surface area contributed by atoms with Crippen molar-refractivity contribution in [1.29, 1.82) is 0 Å². The lowest BCUT2D eigenvalue weighted by Gasteiger charge is -2.22. The van der Waals surface area contributed by atoms with Crippen LogP contribution in [0.5, 0.6) is 17.2 Å². The third-order valence-corrected chi connectivity index (χ3v) is 7.12. The Kier molecular flexibility index (Phi) is 8.79. The fourth-order valence-electron chi connectivity index (χ4n) is 4.64. The van der Waals surface area contributed by atoms with Crippen LogP contribution in [0.4, 0.5) is 18.0 Å². The first-order valence-electron chi connectivity index (χ1n) is 13.8. The van der Waals surface area contributed by atoms with Crippen molar-refractivity contribution in [3.05, 3.63) is 88.3 Å². The zero-order chi connectivity index (χ0) is 31.4. The summed E-state index contributed by atoms with van der Waals surface area (Å²) in [6.07, 6.45) is -5.39. The standard InChI is InChI=1S/C32H28F3NO8/c1-3-18(2)27(36-31(39)42-17-19-7-5-4-6-8-19)30(38)43-21-10-11-22-24(16-21)44-29(32(33,34)35)26(28(22)37)20-9-12-23-25(15-20)41-14-13-40-23/h4-12,15-16,18,27H,3,13-14,17H2,1-2H3,(H,36,39)/t18-,27+/m1/s1. The van der Waals surface area contributed by atoms with Crippen LogP contribution in [-0.4, -0.2) is 31.3 Å². The van der Waals surface area contributed by atoms with E-state index in [1.165, 1.54) is 30.3 Å². The van der Waals surface area contributed by atoms with Crippen LogP contribution in [0.15, 0.2) is 75.9 Å². The van der Waals surface area contributed by atoms with Gasteiger partial charge in [-0.2, -0.15) is 13.2 Å². The van der Waals surface area contributed by atoms with Crippen LogP contribution in [-0.2, 0) is 22.3 Å². The summed E-state index contributed by atoms with van der Waals surface area (Å²) >= 11 is 0. The number of carbonyl (C=O) groups is 2. The molecular weight excluding hydrogens is 583 g/mol. The monoisotopic (exact) mass is 611 g/mol. The maximum atomic E-state index is 14.2. The summed E-state index contributed by atoms with van der Waals surface area (Å²) in [7, 11) is 0. The molecule has 4 aromatic rings. The molecule has 5 rings (SSSR count). The second-order valence-electron chi connectivity index (χ2n) is 10.1. The summed E-state index contributed by atoms with van der Waals surface area (Å²) in [6, 6.07) is 15.4. The van der Waals surface area contributed by atoms with Crippen molar-refractivity contribution in [2.24, 2.45) is 5.92 Å². The number of halogens is 3. The van der Waals surface area contributed by atoms with E-state index in [0.29, 0.717) is 12.2 Å². The first-order chi connectivity index (χ1) is 21.0. The second-order valence-corrected chi connectivity index (χ2v) is 10.1. The molecule has 44 heavy (non-hydrogen) atoms. The Morgan fingerprint density at radius 3 is 2.41 bits per heavy atom. The number of alkyl halides is 3. The average Bonchev–Trinajstić information content (AvgIpc) is 3.02. The molecule has 1 amide bonds. The maximum Gasteiger partial charge on any atom is 0.450 e. The van der Waals surface area contributed by atoms with E-state index in [1.807, 2.05) is 13.0 Å². The van der Waals surface area contributed by atoms with Gasteiger partial charge in [0.15, 0.2) is 11.5 Å². The van der Waals surface area contributed by atoms with Gasteiger partial charge in [-0.15, -0.1) is 0 Å². The molecule has 0 saturated carbocycles. The molecule has 1 aromatic heterocycles. The first kappa shape index (κ1) is 30.5. The smallest absolute Gasteiger partial charge is 0.450 e. The predicted octanol–water partition coefficient (Wildman–Crippen LogP) is 6.50. The van der Waals surface area contributed by atoms with Crippen molar-refractivity contribution in [3.63, 3.8) is 0 Å². The number of benzene rings is 3. The molecule has 0 bridgehead atoms. The van der Waals surface area contributed by atoms with Crippen LogP contribution >= 0.6 is 0 Å². The molecule has 0 saturated heterocycles. The molecular formula is C32H28F3NO8. The summed E-state index contributed by atoms with van der Waals surface area (Å²) in [5, 5.41) is 2.34. The number of hydrogen-bond acceptors (Lipinski definition) is 8. The molecule has 230 valence electrons. The van der Waals surface area contributed by atoms with Gasteiger partial charge < -0.3 is 28.7 Å². The zero-order valence-corrected chi connectivity index (χ0v) is 23.7. The Labute approximate surface area is 249 Å². The number of esters is 1. The molecule has 9 nitrogen and oxygen atoms in total. The van der Waals surface area contributed by atoms with E-state index in [-0.39, 0.29) is 48.2 Å². The van der Waals surface area contributed by atoms with E-state index in [4.69, 9.17) is 23.4 Å². The highest BCUT2D eigenvalue weighted by Gasteiger charge is 2.40. The third-order valence-electron chi connectivity index (χ3n) is 7.12. The van der Waals surface area contributed by atoms with E-state index >= 15 is 0 Å². The van der Waals surface area contributed by atoms with E-state index in [1.54, 1.807) is 31.2 Å². The van der Waals surface area contributed by atoms with Crippen molar-refractivity contribution in [1.82, 2.24) is 5.32 Å². The number of fused-ring (bicyclic) bond motifs is 2. The molecule has 1 N–H and O–H groups in total. The molecule has 0 radical (unpaired) electrons. The zero-order valence-electron chi connectivity index (χ0n) is 23.7. The molecule has 0 fully saturated rings. The summed E-state index contributed by atoms with van der Waals surface area (Å²) in [4.78, 5) is 39.0. The van der Waals surface area contributed by atoms with Gasteiger partial charge in [0.25, 0.3) is 0 Å². The minimum atomic E-state index is -5.03. The van der Waals surface area contributed by atoms with Gasteiger partial charge >= 0.3 is 18.2 Å². The van der Waals surface area contributed by atoms with Crippen LogP contribution in [0.3, 0.4) is 0 Å². The number of hydrogen-bond donors (Lipinski definition) is 1. The third kappa shape index (κ3) is 6.64. The van der Waals surface area contributed by atoms with Gasteiger partial charge in [0.05, 0.1) is 10.9 Å². The molecule has 0 spiro atoms. The van der Waals surface area contributed by atoms with Crippen molar-refractivity contribution in [2.45, 2.75) is 39.1 Å². The molecule has 2 heterocycles. The molecule has 3 aromatic carbocycles. The summed E-state index contributed by atoms with van der Waals surface area (Å²) in [5.74, 6) is -2.40. The number of amides is 1. The lowest BCUT2D eigenvalue weighted by molar-refractivity contribution is -0.152. The normalized spacial score (nSPS) is 14.0. The minimum absolute atomic E-state index is 0.0194. The number of ether oxygens (including phenoxy) is 4. The molecule has 2 atom stereocenters. The van der Waals surface area contributed by atoms with Crippen LogP contribution < -0.4 is 25.0 Å². The fourth-order valence-corrected chi connectivity index (χ4v) is 4.64. The van der Waals surface area contributed by atoms with Crippen LogP contribution in [0.2, 0.25) is 0 Å². The number of nitrogens with one attached hydrogen (secondary N) is 1. The highest BCUT2D eigenvalue weighted by molar-refractivity contribution is 5.87. The van der Waals surface area contributed by atoms with Gasteiger partial charge in [0, 0.05) is 6.07 Å². The van der Waals surface area contributed by atoms with Gasteiger partial charge in [-0.1, -0.05) is 56.7 Å². The lowest BCUT2D eigenvalue weighted by Crippen LogP contribution is -2.47. The Bertz CT molecular complexity index is 1740. The predicted molar refractivity (Wildman–Crippen MR) is 153 cm³/mol. The highest BCUT2D eigenvalue weighted by atomic mass is 19.4. The molecule has 12 heteroatoms.